The van der Waals surface area contributed by atoms with E-state index in [1.165, 1.54) is 0 Å². The van der Waals surface area contributed by atoms with Crippen molar-refractivity contribution < 1.29 is 4.79 Å². The Bertz CT molecular complexity index is 705. The zero-order valence-electron chi connectivity index (χ0n) is 11.0. The molecule has 1 aliphatic rings. The molecule has 0 atom stereocenters. The number of para-hydroxylation sites is 1. The molecule has 2 heterocycles. The van der Waals surface area contributed by atoms with Crippen LogP contribution in [0.5, 0.6) is 0 Å². The number of rotatable bonds is 1. The van der Waals surface area contributed by atoms with Crippen LogP contribution in [0.3, 0.4) is 0 Å². The number of nitrogens with zero attached hydrogens (tertiary/aromatic N) is 3. The normalized spacial score (nSPS) is 15.6. The van der Waals surface area contributed by atoms with Crippen LogP contribution in [0.25, 0.3) is 10.9 Å². The lowest BCUT2D eigenvalue weighted by Crippen LogP contribution is -2.34. The molecule has 0 radical (unpaired) electrons. The molecule has 1 aliphatic heterocycles. The number of nitrogens with one attached hydrogen (secondary N) is 1. The third-order valence-corrected chi connectivity index (χ3v) is 3.39. The number of hydrogen-bond acceptors (Lipinski definition) is 4. The summed E-state index contributed by atoms with van der Waals surface area (Å²) in [5.41, 5.74) is 1.35. The summed E-state index contributed by atoms with van der Waals surface area (Å²) >= 11 is 0. The van der Waals surface area contributed by atoms with Crippen molar-refractivity contribution in [2.45, 2.75) is 6.42 Å². The maximum absolute atomic E-state index is 11.7. The number of anilines is 1. The van der Waals surface area contributed by atoms with E-state index in [2.05, 4.69) is 16.4 Å². The Morgan fingerprint density at radius 1 is 1.35 bits per heavy atom. The molecule has 0 unspecified atom stereocenters. The summed E-state index contributed by atoms with van der Waals surface area (Å²) in [6.45, 7) is 1.64. The SMILES string of the molecule is N#Cc1cc2ccccc2nc1N1CCCNC(=O)C1. The van der Waals surface area contributed by atoms with Crippen molar-refractivity contribution >= 4 is 22.6 Å². The van der Waals surface area contributed by atoms with Gasteiger partial charge in [0.2, 0.25) is 5.91 Å². The van der Waals surface area contributed by atoms with Gasteiger partial charge in [0.1, 0.15) is 11.9 Å². The van der Waals surface area contributed by atoms with E-state index in [1.54, 1.807) is 0 Å². The Hall–Kier alpha value is -2.61. The minimum atomic E-state index is -0.0265. The molecule has 0 aliphatic carbocycles. The average molecular weight is 266 g/mol. The number of carbonyl (C=O) groups is 1. The predicted molar refractivity (Wildman–Crippen MR) is 76.3 cm³/mol. The Kier molecular flexibility index (Phi) is 3.21. The molecule has 1 N–H and O–H groups in total. The van der Waals surface area contributed by atoms with Gasteiger partial charge in [-0.15, -0.1) is 0 Å². The summed E-state index contributed by atoms with van der Waals surface area (Å²) in [6.07, 6.45) is 0.852. The summed E-state index contributed by atoms with van der Waals surface area (Å²) in [6, 6.07) is 11.7. The van der Waals surface area contributed by atoms with E-state index in [0.717, 1.165) is 23.9 Å². The van der Waals surface area contributed by atoms with E-state index < -0.39 is 0 Å². The van der Waals surface area contributed by atoms with Crippen molar-refractivity contribution in [1.29, 1.82) is 5.26 Å². The molecule has 0 bridgehead atoms. The van der Waals surface area contributed by atoms with Gasteiger partial charge in [-0.3, -0.25) is 4.79 Å². The number of pyridine rings is 1. The molecule has 100 valence electrons. The van der Waals surface area contributed by atoms with Crippen LogP contribution in [0.2, 0.25) is 0 Å². The highest BCUT2D eigenvalue weighted by Crippen LogP contribution is 2.23. The van der Waals surface area contributed by atoms with Gasteiger partial charge in [-0.1, -0.05) is 18.2 Å². The van der Waals surface area contributed by atoms with Gasteiger partial charge in [-0.2, -0.15) is 5.26 Å². The maximum atomic E-state index is 11.7. The molecule has 0 spiro atoms. The first-order valence-corrected chi connectivity index (χ1v) is 6.59. The molecule has 1 aromatic heterocycles. The largest absolute Gasteiger partial charge is 0.354 e. The maximum Gasteiger partial charge on any atom is 0.239 e. The molecular weight excluding hydrogens is 252 g/mol. The summed E-state index contributed by atoms with van der Waals surface area (Å²) in [4.78, 5) is 18.1. The van der Waals surface area contributed by atoms with Crippen LogP contribution in [0.1, 0.15) is 12.0 Å². The first-order chi connectivity index (χ1) is 9.78. The van der Waals surface area contributed by atoms with Crippen molar-refractivity contribution in [3.05, 3.63) is 35.9 Å². The molecule has 1 fully saturated rings. The van der Waals surface area contributed by atoms with Crippen molar-refractivity contribution in [3.8, 4) is 6.07 Å². The minimum Gasteiger partial charge on any atom is -0.354 e. The second-order valence-electron chi connectivity index (χ2n) is 4.79. The quantitative estimate of drug-likeness (QED) is 0.847. The third-order valence-electron chi connectivity index (χ3n) is 3.39. The fraction of sp³-hybridized carbons (Fsp3) is 0.267. The number of hydrogen-bond donors (Lipinski definition) is 1. The van der Waals surface area contributed by atoms with Crippen LogP contribution in [0.4, 0.5) is 5.82 Å². The average Bonchev–Trinajstić information content (AvgIpc) is 2.70. The van der Waals surface area contributed by atoms with Crippen LogP contribution >= 0.6 is 0 Å². The summed E-state index contributed by atoms with van der Waals surface area (Å²) in [5, 5.41) is 13.1. The number of amides is 1. The van der Waals surface area contributed by atoms with E-state index in [-0.39, 0.29) is 12.5 Å². The molecule has 1 aromatic carbocycles. The van der Waals surface area contributed by atoms with Crippen LogP contribution in [0.15, 0.2) is 30.3 Å². The van der Waals surface area contributed by atoms with Gasteiger partial charge in [0.15, 0.2) is 0 Å². The van der Waals surface area contributed by atoms with Gasteiger partial charge in [-0.05, 0) is 18.6 Å². The number of aromatic nitrogens is 1. The monoisotopic (exact) mass is 266 g/mol. The number of benzene rings is 1. The molecule has 20 heavy (non-hydrogen) atoms. The van der Waals surface area contributed by atoms with E-state index in [4.69, 9.17) is 0 Å². The topological polar surface area (TPSA) is 69.0 Å². The van der Waals surface area contributed by atoms with Crippen LogP contribution < -0.4 is 10.2 Å². The van der Waals surface area contributed by atoms with Gasteiger partial charge in [0, 0.05) is 18.5 Å². The zero-order valence-corrected chi connectivity index (χ0v) is 11.0. The van der Waals surface area contributed by atoms with Gasteiger partial charge < -0.3 is 10.2 Å². The first kappa shape index (κ1) is 12.4. The van der Waals surface area contributed by atoms with Crippen LogP contribution in [0, 0.1) is 11.3 Å². The van der Waals surface area contributed by atoms with Gasteiger partial charge in [0.25, 0.3) is 0 Å². The lowest BCUT2D eigenvalue weighted by atomic mass is 10.1. The molecule has 5 nitrogen and oxygen atoms in total. The lowest BCUT2D eigenvalue weighted by Gasteiger charge is -2.21. The number of nitriles is 1. The van der Waals surface area contributed by atoms with Gasteiger partial charge in [0.05, 0.1) is 17.6 Å². The smallest absolute Gasteiger partial charge is 0.239 e. The van der Waals surface area contributed by atoms with E-state index >= 15 is 0 Å². The second-order valence-corrected chi connectivity index (χ2v) is 4.79. The predicted octanol–water partition coefficient (Wildman–Crippen LogP) is 1.43. The van der Waals surface area contributed by atoms with Crippen LogP contribution in [-0.2, 0) is 4.79 Å². The molecule has 1 saturated heterocycles. The summed E-state index contributed by atoms with van der Waals surface area (Å²) < 4.78 is 0. The Morgan fingerprint density at radius 2 is 2.20 bits per heavy atom. The Morgan fingerprint density at radius 3 is 3.05 bits per heavy atom. The van der Waals surface area contributed by atoms with Gasteiger partial charge in [-0.25, -0.2) is 4.98 Å². The van der Waals surface area contributed by atoms with Crippen molar-refractivity contribution in [3.63, 3.8) is 0 Å². The first-order valence-electron chi connectivity index (χ1n) is 6.59. The highest BCUT2D eigenvalue weighted by Gasteiger charge is 2.19. The minimum absolute atomic E-state index is 0.0265. The molecule has 2 aromatic rings. The van der Waals surface area contributed by atoms with E-state index in [0.29, 0.717) is 17.9 Å². The van der Waals surface area contributed by atoms with E-state index in [1.807, 2.05) is 35.2 Å². The van der Waals surface area contributed by atoms with Crippen molar-refractivity contribution in [2.75, 3.05) is 24.5 Å². The molecule has 5 heteroatoms. The van der Waals surface area contributed by atoms with Gasteiger partial charge >= 0.3 is 0 Å². The zero-order chi connectivity index (χ0) is 13.9. The fourth-order valence-electron chi connectivity index (χ4n) is 2.42. The lowest BCUT2D eigenvalue weighted by molar-refractivity contribution is -0.119. The number of fused-ring (bicyclic) bond motifs is 1. The molecule has 1 amide bonds. The standard InChI is InChI=1S/C15H14N4O/c16-9-12-8-11-4-1-2-5-13(11)18-15(12)19-7-3-6-17-14(20)10-19/h1-2,4-5,8H,3,6-7,10H2,(H,17,20). The van der Waals surface area contributed by atoms with Crippen LogP contribution in [-0.4, -0.2) is 30.5 Å². The fourth-order valence-corrected chi connectivity index (χ4v) is 2.42. The molecular formula is C15H14N4O. The molecule has 3 rings (SSSR count). The van der Waals surface area contributed by atoms with Crippen molar-refractivity contribution in [1.82, 2.24) is 10.3 Å². The van der Waals surface area contributed by atoms with Crippen molar-refractivity contribution in [2.24, 2.45) is 0 Å². The second kappa shape index (κ2) is 5.17. The highest BCUT2D eigenvalue weighted by atomic mass is 16.2. The summed E-state index contributed by atoms with van der Waals surface area (Å²) in [7, 11) is 0. The third kappa shape index (κ3) is 2.28. The summed E-state index contributed by atoms with van der Waals surface area (Å²) in [5.74, 6) is 0.574. The highest BCUT2D eigenvalue weighted by molar-refractivity contribution is 5.85. The number of carbonyl (C=O) groups excluding carboxylic acids is 1. The Balaban J connectivity index is 2.09. The van der Waals surface area contributed by atoms with E-state index in [9.17, 15) is 10.1 Å². The Labute approximate surface area is 116 Å². The molecule has 0 saturated carbocycles.